The van der Waals surface area contributed by atoms with Gasteiger partial charge in [0.1, 0.15) is 23.9 Å². The minimum Gasteiger partial charge on any atom is -0.485 e. The van der Waals surface area contributed by atoms with E-state index >= 15 is 4.39 Å². The second-order valence-electron chi connectivity index (χ2n) is 14.7. The highest BCUT2D eigenvalue weighted by molar-refractivity contribution is 7.91. The monoisotopic (exact) mass is 806 g/mol. The maximum Gasteiger partial charge on any atom is 0.255 e. The zero-order chi connectivity index (χ0) is 40.9. The molecule has 5 N–H and O–H groups in total. The molecule has 2 saturated heterocycles. The fourth-order valence-corrected chi connectivity index (χ4v) is 8.82. The fraction of sp³-hybridized carbons (Fsp3) is 0.275. The Hall–Kier alpha value is -6.53. The molecule has 58 heavy (non-hydrogen) atoms. The van der Waals surface area contributed by atoms with Crippen LogP contribution in [0.4, 0.5) is 16.0 Å². The van der Waals surface area contributed by atoms with Crippen LogP contribution in [0.3, 0.4) is 0 Å². The van der Waals surface area contributed by atoms with Gasteiger partial charge >= 0.3 is 0 Å². The molecule has 3 aliphatic heterocycles. The van der Waals surface area contributed by atoms with Gasteiger partial charge in [-0.1, -0.05) is 24.3 Å². The van der Waals surface area contributed by atoms with Crippen LogP contribution in [-0.4, -0.2) is 87.0 Å². The maximum absolute atomic E-state index is 15.5. The van der Waals surface area contributed by atoms with Gasteiger partial charge in [0.25, 0.3) is 5.91 Å². The normalized spacial score (nSPS) is 17.7. The predicted octanol–water partition coefficient (Wildman–Crippen LogP) is 3.94. The molecule has 1 atom stereocenters. The Balaban J connectivity index is 0.920. The third kappa shape index (κ3) is 7.15. The van der Waals surface area contributed by atoms with Crippen molar-refractivity contribution in [3.8, 4) is 5.75 Å². The molecular formula is C40H39FN10O6S. The number of nitrogens with one attached hydrogen (secondary N) is 3. The van der Waals surface area contributed by atoms with Crippen molar-refractivity contribution < 1.29 is 31.9 Å². The van der Waals surface area contributed by atoms with Gasteiger partial charge in [-0.2, -0.15) is 9.50 Å². The van der Waals surface area contributed by atoms with Crippen molar-refractivity contribution in [2.45, 2.75) is 67.6 Å². The summed E-state index contributed by atoms with van der Waals surface area (Å²) in [6.07, 6.45) is 3.85. The van der Waals surface area contributed by atoms with Crippen LogP contribution in [0.2, 0.25) is 0 Å². The molecule has 3 aliphatic rings. The summed E-state index contributed by atoms with van der Waals surface area (Å²) in [4.78, 5) is 49.4. The largest absolute Gasteiger partial charge is 0.485 e. The Morgan fingerprint density at radius 3 is 2.62 bits per heavy atom. The zero-order valence-corrected chi connectivity index (χ0v) is 32.3. The highest BCUT2D eigenvalue weighted by atomic mass is 32.2. The molecule has 0 saturated carbocycles. The van der Waals surface area contributed by atoms with Crippen LogP contribution in [0.5, 0.6) is 5.75 Å². The van der Waals surface area contributed by atoms with Crippen molar-refractivity contribution in [1.82, 2.24) is 34.7 Å². The lowest BCUT2D eigenvalue weighted by atomic mass is 9.89. The summed E-state index contributed by atoms with van der Waals surface area (Å²) in [5.41, 5.74) is 9.74. The molecule has 298 valence electrons. The van der Waals surface area contributed by atoms with Gasteiger partial charge in [0.15, 0.2) is 5.75 Å². The number of anilines is 2. The molecule has 8 rings (SSSR count). The van der Waals surface area contributed by atoms with Crippen LogP contribution in [0.25, 0.3) is 11.2 Å². The molecule has 5 heterocycles. The number of carbonyl (C=O) groups excluding carboxylic acids is 3. The van der Waals surface area contributed by atoms with E-state index in [0.29, 0.717) is 30.6 Å². The lowest BCUT2D eigenvalue weighted by molar-refractivity contribution is -0.136. The number of benzene rings is 3. The summed E-state index contributed by atoms with van der Waals surface area (Å²) in [5.74, 6) is -1.38. The van der Waals surface area contributed by atoms with Gasteiger partial charge < -0.3 is 26.1 Å². The minimum atomic E-state index is -4.09. The number of allylic oxidation sites excluding steroid dienone is 1. The molecular weight excluding hydrogens is 768 g/mol. The number of rotatable bonds is 12. The summed E-state index contributed by atoms with van der Waals surface area (Å²) >= 11 is 0. The number of ether oxygens (including phenoxy) is 1. The number of fused-ring (bicyclic) bond motifs is 2. The van der Waals surface area contributed by atoms with Crippen molar-refractivity contribution in [2.24, 2.45) is 5.73 Å². The van der Waals surface area contributed by atoms with Crippen LogP contribution < -0.4 is 21.1 Å². The van der Waals surface area contributed by atoms with E-state index in [1.54, 1.807) is 18.2 Å². The minimum absolute atomic E-state index is 0.00109. The molecule has 1 unspecified atom stereocenters. The van der Waals surface area contributed by atoms with Crippen LogP contribution in [-0.2, 0) is 32.5 Å². The van der Waals surface area contributed by atoms with Crippen LogP contribution in [0.1, 0.15) is 65.3 Å². The predicted molar refractivity (Wildman–Crippen MR) is 210 cm³/mol. The number of likely N-dealkylation sites (tertiary alicyclic amines) is 1. The molecule has 5 aromatic rings. The molecule has 3 amide bonds. The van der Waals surface area contributed by atoms with Gasteiger partial charge in [0, 0.05) is 62.1 Å². The maximum atomic E-state index is 15.5. The van der Waals surface area contributed by atoms with Crippen molar-refractivity contribution in [1.29, 1.82) is 5.41 Å². The number of hydrogen-bond acceptors (Lipinski definition) is 13. The van der Waals surface area contributed by atoms with E-state index in [-0.39, 0.29) is 68.8 Å². The summed E-state index contributed by atoms with van der Waals surface area (Å²) in [5, 5.41) is 17.1. The SMILES string of the molecule is CC(C)Oc1c(/C(C=N)=C/N)ncn2nc(Nc3ccc(S(=O)(=O)c4cccc(CN5CC(c6ccc7c(c6)CN(C6CCC(=O)NC6=O)C7=O)C5)c4)cc3F)nc12. The van der Waals surface area contributed by atoms with Gasteiger partial charge in [-0.05, 0) is 73.4 Å². The van der Waals surface area contributed by atoms with E-state index in [2.05, 4.69) is 30.6 Å². The molecule has 16 nitrogen and oxygen atoms in total. The van der Waals surface area contributed by atoms with Gasteiger partial charge in [-0.25, -0.2) is 17.8 Å². The summed E-state index contributed by atoms with van der Waals surface area (Å²) in [7, 11) is -4.09. The molecule has 0 aliphatic carbocycles. The zero-order valence-electron chi connectivity index (χ0n) is 31.5. The first kappa shape index (κ1) is 38.3. The third-order valence-corrected chi connectivity index (χ3v) is 12.1. The molecule has 18 heteroatoms. The first-order chi connectivity index (χ1) is 27.8. The highest BCUT2D eigenvalue weighted by Gasteiger charge is 2.40. The summed E-state index contributed by atoms with van der Waals surface area (Å²) in [6, 6.07) is 15.3. The van der Waals surface area contributed by atoms with Crippen molar-refractivity contribution in [3.05, 3.63) is 107 Å². The van der Waals surface area contributed by atoms with Gasteiger partial charge in [0.2, 0.25) is 33.2 Å². The van der Waals surface area contributed by atoms with E-state index in [9.17, 15) is 22.8 Å². The number of sulfone groups is 1. The quantitative estimate of drug-likeness (QED) is 0.104. The average molecular weight is 807 g/mol. The Morgan fingerprint density at radius 2 is 1.90 bits per heavy atom. The number of carbonyl (C=O) groups is 3. The smallest absolute Gasteiger partial charge is 0.255 e. The standard InChI is InChI=1S/C40H39FN10O6S/c1-22(2)57-36-35(26(15-42)16-43)44-21-51-37(36)47-40(48-51)45-32-9-7-29(14-31(32)41)58(55,56)28-5-3-4-23(12-28)17-49-18-27(19-49)24-6-8-30-25(13-24)20-50(39(30)54)33-10-11-34(52)46-38(33)53/h3-9,12-16,21-22,27,33,42H,10-11,17-20,43H2,1-2H3,(H,45,48)(H,46,52,53)/b26-16+,42-15?. The first-order valence-electron chi connectivity index (χ1n) is 18.6. The number of imide groups is 1. The molecule has 0 radical (unpaired) electrons. The number of nitrogens with zero attached hydrogens (tertiary/aromatic N) is 6. The fourth-order valence-electron chi connectivity index (χ4n) is 7.48. The molecule has 2 fully saturated rings. The number of piperidine rings is 1. The van der Waals surface area contributed by atoms with Crippen LogP contribution in [0.15, 0.2) is 83.0 Å². The van der Waals surface area contributed by atoms with Crippen molar-refractivity contribution in [2.75, 3.05) is 18.4 Å². The summed E-state index contributed by atoms with van der Waals surface area (Å²) < 4.78 is 50.3. The molecule has 2 aromatic heterocycles. The Bertz CT molecular complexity index is 2660. The summed E-state index contributed by atoms with van der Waals surface area (Å²) in [6.45, 7) is 5.88. The Kier molecular flexibility index (Phi) is 9.98. The third-order valence-electron chi connectivity index (χ3n) is 10.4. The second kappa shape index (κ2) is 15.1. The lowest BCUT2D eigenvalue weighted by Crippen LogP contribution is -2.52. The highest BCUT2D eigenvalue weighted by Crippen LogP contribution is 2.35. The molecule has 0 bridgehead atoms. The van der Waals surface area contributed by atoms with E-state index in [1.807, 2.05) is 32.0 Å². The van der Waals surface area contributed by atoms with Crippen LogP contribution in [0, 0.1) is 11.2 Å². The van der Waals surface area contributed by atoms with Gasteiger partial charge in [-0.15, -0.1) is 5.10 Å². The molecule has 3 aromatic carbocycles. The average Bonchev–Trinajstić information content (AvgIpc) is 3.74. The van der Waals surface area contributed by atoms with Gasteiger partial charge in [0.05, 0.1) is 21.6 Å². The number of halogens is 1. The number of nitrogens with two attached hydrogens (primary N) is 1. The Morgan fingerprint density at radius 1 is 1.10 bits per heavy atom. The molecule has 0 spiro atoms. The van der Waals surface area contributed by atoms with E-state index in [1.165, 1.54) is 40.1 Å². The number of amides is 3. The Labute approximate surface area is 332 Å². The van der Waals surface area contributed by atoms with Gasteiger partial charge in [-0.3, -0.25) is 24.6 Å². The first-order valence-corrected chi connectivity index (χ1v) is 20.1. The van der Waals surface area contributed by atoms with E-state index in [0.717, 1.165) is 42.1 Å². The number of hydrogen-bond donors (Lipinski definition) is 4. The number of aromatic nitrogens is 4. The van der Waals surface area contributed by atoms with E-state index < -0.39 is 27.6 Å². The second-order valence-corrected chi connectivity index (χ2v) is 16.6. The van der Waals surface area contributed by atoms with Crippen molar-refractivity contribution in [3.63, 3.8) is 0 Å². The van der Waals surface area contributed by atoms with E-state index in [4.69, 9.17) is 15.9 Å². The van der Waals surface area contributed by atoms with Crippen LogP contribution >= 0.6 is 0 Å². The van der Waals surface area contributed by atoms with Crippen molar-refractivity contribution >= 4 is 56.6 Å². The lowest BCUT2D eigenvalue weighted by Gasteiger charge is -2.40. The topological polar surface area (TPSA) is 218 Å².